The van der Waals surface area contributed by atoms with Crippen molar-refractivity contribution < 1.29 is 17.9 Å². The number of aryl methyl sites for hydroxylation is 1. The molecule has 2 aromatic rings. The smallest absolute Gasteiger partial charge is 0.387 e. The predicted molar refractivity (Wildman–Crippen MR) is 87.8 cm³/mol. The van der Waals surface area contributed by atoms with Gasteiger partial charge in [-0.3, -0.25) is 0 Å². The summed E-state index contributed by atoms with van der Waals surface area (Å²) in [6.45, 7) is -1.21. The van der Waals surface area contributed by atoms with E-state index in [0.29, 0.717) is 0 Å². The Kier molecular flexibility index (Phi) is 6.06. The van der Waals surface area contributed by atoms with Gasteiger partial charge in [-0.05, 0) is 36.2 Å². The van der Waals surface area contributed by atoms with Gasteiger partial charge in [0.25, 0.3) is 0 Å². The molecule has 2 aromatic carbocycles. The largest absolute Gasteiger partial charge is 0.434 e. The van der Waals surface area contributed by atoms with Crippen LogP contribution in [0.5, 0.6) is 5.75 Å². The quantitative estimate of drug-likeness (QED) is 0.620. The number of alkyl halides is 2. The molecular weight excluding hydrogens is 319 g/mol. The highest BCUT2D eigenvalue weighted by molar-refractivity contribution is 5.92. The Hall–Kier alpha value is -2.70. The van der Waals surface area contributed by atoms with Crippen molar-refractivity contribution in [2.45, 2.75) is 26.5 Å². The van der Waals surface area contributed by atoms with E-state index in [-0.39, 0.29) is 23.8 Å². The van der Waals surface area contributed by atoms with E-state index in [9.17, 15) is 13.2 Å². The van der Waals surface area contributed by atoms with E-state index in [0.717, 1.165) is 18.2 Å². The minimum atomic E-state index is -3.04. The van der Waals surface area contributed by atoms with E-state index in [4.69, 9.17) is 5.73 Å². The summed E-state index contributed by atoms with van der Waals surface area (Å²) in [4.78, 5) is 3.98. The monoisotopic (exact) mass is 337 g/mol. The van der Waals surface area contributed by atoms with Gasteiger partial charge in [-0.1, -0.05) is 25.1 Å². The first-order chi connectivity index (χ1) is 11.5. The molecular formula is C17H18F3N3O. The first kappa shape index (κ1) is 17.7. The third kappa shape index (κ3) is 4.91. The summed E-state index contributed by atoms with van der Waals surface area (Å²) < 4.78 is 42.8. The van der Waals surface area contributed by atoms with E-state index in [1.807, 2.05) is 31.2 Å². The van der Waals surface area contributed by atoms with E-state index in [1.54, 1.807) is 0 Å². The number of nitrogens with two attached hydrogens (primary N) is 1. The second-order valence-corrected chi connectivity index (χ2v) is 4.97. The van der Waals surface area contributed by atoms with Crippen LogP contribution in [-0.2, 0) is 13.0 Å². The van der Waals surface area contributed by atoms with Crippen molar-refractivity contribution in [2.75, 3.05) is 5.32 Å². The zero-order valence-electron chi connectivity index (χ0n) is 13.1. The van der Waals surface area contributed by atoms with Gasteiger partial charge in [0.05, 0.1) is 12.1 Å². The van der Waals surface area contributed by atoms with E-state index in [2.05, 4.69) is 15.0 Å². The van der Waals surface area contributed by atoms with Crippen LogP contribution in [0.25, 0.3) is 0 Å². The average molecular weight is 337 g/mol. The lowest BCUT2D eigenvalue weighted by atomic mass is 10.1. The first-order valence-electron chi connectivity index (χ1n) is 7.37. The molecule has 0 atom stereocenters. The molecule has 3 N–H and O–H groups in total. The zero-order chi connectivity index (χ0) is 17.5. The molecule has 7 heteroatoms. The van der Waals surface area contributed by atoms with Crippen molar-refractivity contribution in [3.05, 3.63) is 59.4 Å². The second-order valence-electron chi connectivity index (χ2n) is 4.97. The summed E-state index contributed by atoms with van der Waals surface area (Å²) in [6.07, 6.45) is 0.921. The van der Waals surface area contributed by atoms with E-state index in [1.165, 1.54) is 17.7 Å². The van der Waals surface area contributed by atoms with E-state index >= 15 is 0 Å². The van der Waals surface area contributed by atoms with Crippen LogP contribution in [0.4, 0.5) is 18.9 Å². The maximum Gasteiger partial charge on any atom is 0.387 e. The van der Waals surface area contributed by atoms with Gasteiger partial charge in [0.2, 0.25) is 0 Å². The molecule has 0 spiro atoms. The molecule has 2 rings (SSSR count). The van der Waals surface area contributed by atoms with Crippen molar-refractivity contribution in [1.82, 2.24) is 0 Å². The summed E-state index contributed by atoms with van der Waals surface area (Å²) in [5.74, 6) is -0.892. The number of ether oxygens (including phenoxy) is 1. The van der Waals surface area contributed by atoms with Gasteiger partial charge in [0.1, 0.15) is 11.6 Å². The number of rotatable bonds is 6. The lowest BCUT2D eigenvalue weighted by Gasteiger charge is -2.11. The lowest BCUT2D eigenvalue weighted by Crippen LogP contribution is -2.22. The van der Waals surface area contributed by atoms with Crippen LogP contribution in [0.1, 0.15) is 18.1 Å². The standard InChI is InChI=1S/C17H18F3N3O/c1-2-11-6-8-12(9-7-11)23-17(21)22-10-13-14(18)4-3-5-15(13)24-16(19)20/h3-9,16H,2,10H2,1H3,(H3,21,22,23). The fourth-order valence-corrected chi connectivity index (χ4v) is 2.07. The first-order valence-corrected chi connectivity index (χ1v) is 7.37. The third-order valence-corrected chi connectivity index (χ3v) is 3.33. The lowest BCUT2D eigenvalue weighted by molar-refractivity contribution is -0.0506. The zero-order valence-corrected chi connectivity index (χ0v) is 13.1. The molecule has 24 heavy (non-hydrogen) atoms. The Bertz CT molecular complexity index is 703. The molecule has 0 fully saturated rings. The second kappa shape index (κ2) is 8.24. The minimum absolute atomic E-state index is 0.0468. The molecule has 0 saturated heterocycles. The fraction of sp³-hybridized carbons (Fsp3) is 0.235. The maximum absolute atomic E-state index is 13.8. The van der Waals surface area contributed by atoms with Gasteiger partial charge in [-0.2, -0.15) is 8.78 Å². The number of hydrogen-bond donors (Lipinski definition) is 2. The van der Waals surface area contributed by atoms with Gasteiger partial charge in [-0.25, -0.2) is 9.38 Å². The Morgan fingerprint density at radius 2 is 1.92 bits per heavy atom. The number of nitrogens with one attached hydrogen (secondary N) is 1. The molecule has 0 aliphatic carbocycles. The molecule has 0 aromatic heterocycles. The fourth-order valence-electron chi connectivity index (χ4n) is 2.07. The van der Waals surface area contributed by atoms with Gasteiger partial charge >= 0.3 is 6.61 Å². The Morgan fingerprint density at radius 1 is 1.21 bits per heavy atom. The number of aliphatic imine (C=N–C) groups is 1. The molecule has 4 nitrogen and oxygen atoms in total. The molecule has 128 valence electrons. The van der Waals surface area contributed by atoms with Crippen molar-refractivity contribution in [3.63, 3.8) is 0 Å². The molecule has 0 heterocycles. The van der Waals surface area contributed by atoms with Crippen molar-refractivity contribution in [1.29, 1.82) is 0 Å². The van der Waals surface area contributed by atoms with Gasteiger partial charge in [-0.15, -0.1) is 0 Å². The molecule has 0 saturated carbocycles. The average Bonchev–Trinajstić information content (AvgIpc) is 2.54. The molecule has 0 amide bonds. The van der Waals surface area contributed by atoms with Crippen LogP contribution in [0.2, 0.25) is 0 Å². The van der Waals surface area contributed by atoms with Crippen molar-refractivity contribution >= 4 is 11.6 Å². The number of benzene rings is 2. The van der Waals surface area contributed by atoms with Gasteiger partial charge in [0.15, 0.2) is 5.96 Å². The maximum atomic E-state index is 13.8. The predicted octanol–water partition coefficient (Wildman–Crippen LogP) is 3.92. The number of nitrogens with zero attached hydrogens (tertiary/aromatic N) is 1. The highest BCUT2D eigenvalue weighted by atomic mass is 19.3. The number of hydrogen-bond acceptors (Lipinski definition) is 2. The van der Waals surface area contributed by atoms with Crippen LogP contribution in [0.3, 0.4) is 0 Å². The summed E-state index contributed by atoms with van der Waals surface area (Å²) >= 11 is 0. The molecule has 0 aliphatic heterocycles. The van der Waals surface area contributed by atoms with Crippen LogP contribution in [0, 0.1) is 5.82 Å². The van der Waals surface area contributed by atoms with Crippen LogP contribution < -0.4 is 15.8 Å². The molecule has 0 unspecified atom stereocenters. The summed E-state index contributed by atoms with van der Waals surface area (Å²) in [6, 6.07) is 11.3. The number of halogens is 3. The summed E-state index contributed by atoms with van der Waals surface area (Å²) in [7, 11) is 0. The van der Waals surface area contributed by atoms with Crippen molar-refractivity contribution in [3.8, 4) is 5.75 Å². The van der Waals surface area contributed by atoms with Crippen LogP contribution in [0.15, 0.2) is 47.5 Å². The summed E-state index contributed by atoms with van der Waals surface area (Å²) in [5, 5.41) is 2.86. The number of anilines is 1. The molecule has 0 radical (unpaired) electrons. The number of guanidine groups is 1. The normalized spacial score (nSPS) is 11.6. The molecule has 0 aliphatic rings. The van der Waals surface area contributed by atoms with Crippen molar-refractivity contribution in [2.24, 2.45) is 10.7 Å². The van der Waals surface area contributed by atoms with Gasteiger partial charge < -0.3 is 15.8 Å². The summed E-state index contributed by atoms with van der Waals surface area (Å²) in [5.41, 5.74) is 7.58. The van der Waals surface area contributed by atoms with Crippen LogP contribution in [-0.4, -0.2) is 12.6 Å². The molecule has 0 bridgehead atoms. The Morgan fingerprint density at radius 3 is 2.54 bits per heavy atom. The van der Waals surface area contributed by atoms with Gasteiger partial charge in [0, 0.05) is 5.69 Å². The van der Waals surface area contributed by atoms with E-state index < -0.39 is 12.4 Å². The van der Waals surface area contributed by atoms with Crippen LogP contribution >= 0.6 is 0 Å². The Labute approximate surface area is 138 Å². The third-order valence-electron chi connectivity index (χ3n) is 3.33. The topological polar surface area (TPSA) is 59.6 Å². The highest BCUT2D eigenvalue weighted by Gasteiger charge is 2.13. The highest BCUT2D eigenvalue weighted by Crippen LogP contribution is 2.24. The minimum Gasteiger partial charge on any atom is -0.434 e. The SMILES string of the molecule is CCc1ccc(NC(N)=NCc2c(F)cccc2OC(F)F)cc1. The Balaban J connectivity index is 2.08.